The van der Waals surface area contributed by atoms with Crippen LogP contribution < -0.4 is 5.32 Å². The number of allylic oxidation sites excluding steroid dienone is 1. The second-order valence-corrected chi connectivity index (χ2v) is 8.51. The summed E-state index contributed by atoms with van der Waals surface area (Å²) < 4.78 is 0. The Balaban J connectivity index is 1.23. The van der Waals surface area contributed by atoms with Gasteiger partial charge in [-0.2, -0.15) is 11.3 Å². The monoisotopic (exact) mass is 391 g/mol. The summed E-state index contributed by atoms with van der Waals surface area (Å²) in [4.78, 5) is 30.3. The van der Waals surface area contributed by atoms with E-state index < -0.39 is 0 Å². The molecule has 2 amide bonds. The Kier molecular flexibility index (Phi) is 4.36. The summed E-state index contributed by atoms with van der Waals surface area (Å²) >= 11 is 1.73. The van der Waals surface area contributed by atoms with Crippen molar-refractivity contribution < 1.29 is 9.59 Å². The van der Waals surface area contributed by atoms with Gasteiger partial charge in [0.05, 0.1) is 0 Å². The molecule has 2 aliphatic heterocycles. The number of anilines is 1. The van der Waals surface area contributed by atoms with Crippen molar-refractivity contribution in [2.75, 3.05) is 18.4 Å². The molecule has 142 valence electrons. The molecular weight excluding hydrogens is 370 g/mol. The van der Waals surface area contributed by atoms with Crippen LogP contribution in [0.5, 0.6) is 0 Å². The number of nitrogens with one attached hydrogen (secondary N) is 1. The van der Waals surface area contributed by atoms with E-state index in [9.17, 15) is 9.59 Å². The van der Waals surface area contributed by atoms with Crippen LogP contribution in [0, 0.1) is 11.8 Å². The number of hydrogen-bond donors (Lipinski definition) is 1. The first kappa shape index (κ1) is 17.4. The topological polar surface area (TPSA) is 62.3 Å². The molecule has 1 N–H and O–H groups in total. The minimum atomic E-state index is 0.00857. The number of amides is 2. The Labute approximate surface area is 167 Å². The van der Waals surface area contributed by atoms with Gasteiger partial charge >= 0.3 is 0 Å². The van der Waals surface area contributed by atoms with Gasteiger partial charge in [0.25, 0.3) is 0 Å². The normalized spacial score (nSPS) is 23.5. The Morgan fingerprint density at radius 2 is 2.25 bits per heavy atom. The van der Waals surface area contributed by atoms with E-state index in [0.717, 1.165) is 30.6 Å². The Morgan fingerprint density at radius 1 is 1.32 bits per heavy atom. The maximum absolute atomic E-state index is 12.6. The fourth-order valence-corrected chi connectivity index (χ4v) is 5.07. The summed E-state index contributed by atoms with van der Waals surface area (Å²) in [7, 11) is 0. The van der Waals surface area contributed by atoms with Gasteiger partial charge in [-0.3, -0.25) is 9.59 Å². The van der Waals surface area contributed by atoms with Gasteiger partial charge < -0.3 is 10.2 Å². The fourth-order valence-electron chi connectivity index (χ4n) is 4.39. The molecule has 2 atom stereocenters. The number of pyridine rings is 1. The molecule has 5 nitrogen and oxygen atoms in total. The molecule has 0 saturated carbocycles. The third kappa shape index (κ3) is 3.29. The first-order chi connectivity index (χ1) is 13.7. The number of thiophene rings is 1. The number of carbonyl (C=O) groups is 2. The first-order valence-corrected chi connectivity index (χ1v) is 10.6. The van der Waals surface area contributed by atoms with Crippen molar-refractivity contribution in [3.05, 3.63) is 57.9 Å². The molecule has 2 aromatic heterocycles. The largest absolute Gasteiger partial charge is 0.338 e. The molecule has 1 unspecified atom stereocenters. The van der Waals surface area contributed by atoms with Gasteiger partial charge in [0, 0.05) is 31.8 Å². The van der Waals surface area contributed by atoms with Crippen LogP contribution in [-0.4, -0.2) is 34.8 Å². The number of likely N-dealkylation sites (tertiary alicyclic amines) is 1. The minimum Gasteiger partial charge on any atom is -0.338 e. The second kappa shape index (κ2) is 7.02. The third-order valence-electron chi connectivity index (χ3n) is 5.88. The Bertz CT molecular complexity index is 993. The maximum atomic E-state index is 12.6. The van der Waals surface area contributed by atoms with Crippen LogP contribution >= 0.6 is 11.3 Å². The zero-order chi connectivity index (χ0) is 19.1. The molecule has 0 bridgehead atoms. The average Bonchev–Trinajstić information content (AvgIpc) is 3.41. The molecule has 1 saturated heterocycles. The summed E-state index contributed by atoms with van der Waals surface area (Å²) in [6.07, 6.45) is 9.78. The number of aryl methyl sites for hydroxylation is 1. The third-order valence-corrected chi connectivity index (χ3v) is 6.56. The van der Waals surface area contributed by atoms with Crippen molar-refractivity contribution in [1.29, 1.82) is 0 Å². The lowest BCUT2D eigenvalue weighted by Crippen LogP contribution is -2.27. The van der Waals surface area contributed by atoms with Crippen molar-refractivity contribution in [1.82, 2.24) is 9.88 Å². The van der Waals surface area contributed by atoms with Crippen molar-refractivity contribution in [3.63, 3.8) is 0 Å². The van der Waals surface area contributed by atoms with E-state index >= 15 is 0 Å². The van der Waals surface area contributed by atoms with Gasteiger partial charge in [0.1, 0.15) is 5.82 Å². The smallest absolute Gasteiger partial charge is 0.246 e. The average molecular weight is 391 g/mol. The molecule has 5 rings (SSSR count). The van der Waals surface area contributed by atoms with E-state index in [4.69, 9.17) is 0 Å². The van der Waals surface area contributed by atoms with Crippen molar-refractivity contribution in [2.45, 2.75) is 19.3 Å². The summed E-state index contributed by atoms with van der Waals surface area (Å²) in [5.74, 6) is 1.73. The van der Waals surface area contributed by atoms with Crippen LogP contribution in [0.2, 0.25) is 0 Å². The highest BCUT2D eigenvalue weighted by atomic mass is 32.1. The SMILES string of the molecule is O=C1CCc2cc(/C=C/C(=O)N3CC4C=C(c5ccsc5)C[C@H]4C3)cnc2N1. The van der Waals surface area contributed by atoms with E-state index in [2.05, 4.69) is 33.2 Å². The highest BCUT2D eigenvalue weighted by Crippen LogP contribution is 2.41. The van der Waals surface area contributed by atoms with Gasteiger partial charge in [-0.25, -0.2) is 4.98 Å². The van der Waals surface area contributed by atoms with Crippen LogP contribution in [0.15, 0.2) is 41.2 Å². The van der Waals surface area contributed by atoms with Crippen LogP contribution in [0.4, 0.5) is 5.82 Å². The predicted molar refractivity (Wildman–Crippen MR) is 111 cm³/mol. The Hall–Kier alpha value is -2.73. The van der Waals surface area contributed by atoms with Crippen LogP contribution in [-0.2, 0) is 16.0 Å². The lowest BCUT2D eigenvalue weighted by molar-refractivity contribution is -0.125. The van der Waals surface area contributed by atoms with E-state index in [1.54, 1.807) is 23.6 Å². The van der Waals surface area contributed by atoms with E-state index in [0.29, 0.717) is 30.5 Å². The highest BCUT2D eigenvalue weighted by molar-refractivity contribution is 7.08. The van der Waals surface area contributed by atoms with Gasteiger partial charge in [-0.15, -0.1) is 0 Å². The second-order valence-electron chi connectivity index (χ2n) is 7.73. The van der Waals surface area contributed by atoms with Gasteiger partial charge in [0.2, 0.25) is 11.8 Å². The quantitative estimate of drug-likeness (QED) is 0.813. The predicted octanol–water partition coefficient (Wildman–Crippen LogP) is 3.60. The van der Waals surface area contributed by atoms with Crippen LogP contribution in [0.25, 0.3) is 11.6 Å². The summed E-state index contributed by atoms with van der Waals surface area (Å²) in [6.45, 7) is 1.63. The van der Waals surface area contributed by atoms with Gasteiger partial charge in [-0.1, -0.05) is 6.08 Å². The fraction of sp³-hybridized carbons (Fsp3) is 0.318. The molecule has 4 heterocycles. The lowest BCUT2D eigenvalue weighted by Gasteiger charge is -2.16. The summed E-state index contributed by atoms with van der Waals surface area (Å²) in [5.41, 5.74) is 4.69. The van der Waals surface area contributed by atoms with Crippen molar-refractivity contribution in [2.24, 2.45) is 11.8 Å². The molecule has 2 aromatic rings. The van der Waals surface area contributed by atoms with Crippen molar-refractivity contribution >= 4 is 40.6 Å². The molecule has 0 aromatic carbocycles. The van der Waals surface area contributed by atoms with Crippen LogP contribution in [0.1, 0.15) is 29.5 Å². The van der Waals surface area contributed by atoms with E-state index in [-0.39, 0.29) is 11.8 Å². The number of aromatic nitrogens is 1. The first-order valence-electron chi connectivity index (χ1n) is 9.65. The highest BCUT2D eigenvalue weighted by Gasteiger charge is 2.37. The van der Waals surface area contributed by atoms with Gasteiger partial charge in [-0.05, 0) is 75.9 Å². The number of carbonyl (C=O) groups excluding carboxylic acids is 2. The molecule has 1 fully saturated rings. The number of hydrogen-bond acceptors (Lipinski definition) is 4. The maximum Gasteiger partial charge on any atom is 0.246 e. The summed E-state index contributed by atoms with van der Waals surface area (Å²) in [6, 6.07) is 4.18. The Morgan fingerprint density at radius 3 is 3.07 bits per heavy atom. The lowest BCUT2D eigenvalue weighted by atomic mass is 9.99. The number of fused-ring (bicyclic) bond motifs is 2. The minimum absolute atomic E-state index is 0.00857. The molecule has 1 aliphatic carbocycles. The van der Waals surface area contributed by atoms with Gasteiger partial charge in [0.15, 0.2) is 0 Å². The molecule has 0 radical (unpaired) electrons. The molecular formula is C22H21N3O2S. The molecule has 0 spiro atoms. The molecule has 6 heteroatoms. The molecule has 28 heavy (non-hydrogen) atoms. The van der Waals surface area contributed by atoms with Crippen molar-refractivity contribution in [3.8, 4) is 0 Å². The number of rotatable bonds is 3. The summed E-state index contributed by atoms with van der Waals surface area (Å²) in [5, 5.41) is 7.10. The standard InChI is InChI=1S/C22H21N3O2S/c26-20-3-2-15-7-14(10-23-22(15)24-20)1-4-21(27)25-11-18-8-17(9-19(18)12-25)16-5-6-28-13-16/h1,4-8,10,13,18-19H,2-3,9,11-12H2,(H,23,24,26)/b4-1+/t18?,19-/m0/s1. The zero-order valence-corrected chi connectivity index (χ0v) is 16.2. The zero-order valence-electron chi connectivity index (χ0n) is 15.4. The van der Waals surface area contributed by atoms with E-state index in [1.807, 2.05) is 17.0 Å². The van der Waals surface area contributed by atoms with Crippen LogP contribution in [0.3, 0.4) is 0 Å². The number of nitrogens with zero attached hydrogens (tertiary/aromatic N) is 2. The van der Waals surface area contributed by atoms with E-state index in [1.165, 1.54) is 11.1 Å². The molecule has 3 aliphatic rings.